The summed E-state index contributed by atoms with van der Waals surface area (Å²) in [4.78, 5) is 21.2. The summed E-state index contributed by atoms with van der Waals surface area (Å²) in [7, 11) is 1.56. The third-order valence-electron chi connectivity index (χ3n) is 4.46. The molecular formula is C22H20N4O3. The van der Waals surface area contributed by atoms with Crippen LogP contribution in [0.4, 0.5) is 5.69 Å². The molecule has 0 atom stereocenters. The lowest BCUT2D eigenvalue weighted by atomic mass is 10.1. The highest BCUT2D eigenvalue weighted by atomic mass is 16.5. The second-order valence-electron chi connectivity index (χ2n) is 6.47. The molecule has 1 N–H and O–H groups in total. The maximum Gasteiger partial charge on any atom is 0.262 e. The van der Waals surface area contributed by atoms with Crippen molar-refractivity contribution in [2.24, 2.45) is 0 Å². The van der Waals surface area contributed by atoms with Crippen LogP contribution in [0.1, 0.15) is 5.56 Å². The van der Waals surface area contributed by atoms with Crippen molar-refractivity contribution in [1.82, 2.24) is 14.4 Å². The summed E-state index contributed by atoms with van der Waals surface area (Å²) < 4.78 is 12.8. The zero-order valence-corrected chi connectivity index (χ0v) is 16.1. The van der Waals surface area contributed by atoms with E-state index in [-0.39, 0.29) is 12.5 Å². The van der Waals surface area contributed by atoms with Crippen LogP contribution in [0.3, 0.4) is 0 Å². The van der Waals surface area contributed by atoms with Crippen LogP contribution >= 0.6 is 0 Å². The second kappa shape index (κ2) is 8.02. The number of carbonyl (C=O) groups is 1. The van der Waals surface area contributed by atoms with Crippen LogP contribution in [-0.4, -0.2) is 34.0 Å². The minimum Gasteiger partial charge on any atom is -0.495 e. The van der Waals surface area contributed by atoms with Crippen LogP contribution < -0.4 is 14.8 Å². The summed E-state index contributed by atoms with van der Waals surface area (Å²) in [5, 5.41) is 2.86. The molecule has 0 fully saturated rings. The number of benzene rings is 2. The number of para-hydroxylation sites is 1. The number of hydrogen-bond donors (Lipinski definition) is 1. The molecule has 0 bridgehead atoms. The summed E-state index contributed by atoms with van der Waals surface area (Å²) >= 11 is 0. The van der Waals surface area contributed by atoms with Crippen molar-refractivity contribution in [2.45, 2.75) is 6.92 Å². The van der Waals surface area contributed by atoms with Crippen molar-refractivity contribution >= 4 is 17.4 Å². The number of nitrogens with zero attached hydrogens (tertiary/aromatic N) is 3. The van der Waals surface area contributed by atoms with Gasteiger partial charge in [-0.05, 0) is 42.8 Å². The number of aryl methyl sites for hydroxylation is 1. The van der Waals surface area contributed by atoms with E-state index in [0.29, 0.717) is 23.0 Å². The van der Waals surface area contributed by atoms with Gasteiger partial charge in [-0.15, -0.1) is 0 Å². The predicted molar refractivity (Wildman–Crippen MR) is 110 cm³/mol. The van der Waals surface area contributed by atoms with E-state index in [1.54, 1.807) is 19.4 Å². The number of methoxy groups -OCH3 is 1. The Morgan fingerprint density at radius 1 is 1.14 bits per heavy atom. The largest absolute Gasteiger partial charge is 0.495 e. The number of aromatic nitrogens is 3. The SMILES string of the molecule is COc1ccc(-c2cn3cccnc3n2)cc1NC(=O)COc1ccccc1C. The maximum atomic E-state index is 12.4. The summed E-state index contributed by atoms with van der Waals surface area (Å²) in [6.45, 7) is 1.83. The van der Waals surface area contributed by atoms with Gasteiger partial charge in [0.05, 0.1) is 18.5 Å². The molecule has 4 aromatic rings. The fourth-order valence-electron chi connectivity index (χ4n) is 2.98. The van der Waals surface area contributed by atoms with Crippen molar-refractivity contribution in [3.63, 3.8) is 0 Å². The first-order chi connectivity index (χ1) is 14.1. The molecule has 0 radical (unpaired) electrons. The Morgan fingerprint density at radius 2 is 2.00 bits per heavy atom. The number of rotatable bonds is 6. The van der Waals surface area contributed by atoms with Gasteiger partial charge < -0.3 is 14.8 Å². The standard InChI is InChI=1S/C22H20N4O3/c1-15-6-3-4-7-19(15)29-14-21(27)24-17-12-16(8-9-20(17)28-2)18-13-26-11-5-10-23-22(26)25-18/h3-13H,14H2,1-2H3,(H,24,27). The molecule has 7 heteroatoms. The number of ether oxygens (including phenoxy) is 2. The summed E-state index contributed by atoms with van der Waals surface area (Å²) in [6.07, 6.45) is 5.46. The number of carbonyl (C=O) groups excluding carboxylic acids is 1. The average Bonchev–Trinajstić information content (AvgIpc) is 3.17. The van der Waals surface area contributed by atoms with Gasteiger partial charge in [-0.2, -0.15) is 0 Å². The van der Waals surface area contributed by atoms with Gasteiger partial charge in [0, 0.05) is 24.2 Å². The van der Waals surface area contributed by atoms with Gasteiger partial charge in [0.15, 0.2) is 6.61 Å². The number of anilines is 1. The smallest absolute Gasteiger partial charge is 0.262 e. The molecule has 29 heavy (non-hydrogen) atoms. The average molecular weight is 388 g/mol. The van der Waals surface area contributed by atoms with E-state index in [1.807, 2.05) is 66.2 Å². The van der Waals surface area contributed by atoms with Gasteiger partial charge in [-0.1, -0.05) is 18.2 Å². The third kappa shape index (κ3) is 4.03. The third-order valence-corrected chi connectivity index (χ3v) is 4.46. The first-order valence-corrected chi connectivity index (χ1v) is 9.10. The number of hydrogen-bond acceptors (Lipinski definition) is 5. The summed E-state index contributed by atoms with van der Waals surface area (Å²) in [6, 6.07) is 14.9. The molecule has 0 spiro atoms. The monoisotopic (exact) mass is 388 g/mol. The lowest BCUT2D eigenvalue weighted by molar-refractivity contribution is -0.118. The molecule has 0 unspecified atom stereocenters. The molecule has 0 saturated carbocycles. The van der Waals surface area contributed by atoms with Gasteiger partial charge in [0.2, 0.25) is 5.78 Å². The maximum absolute atomic E-state index is 12.4. The molecule has 7 nitrogen and oxygen atoms in total. The Morgan fingerprint density at radius 3 is 2.79 bits per heavy atom. The van der Waals surface area contributed by atoms with Crippen molar-refractivity contribution < 1.29 is 14.3 Å². The van der Waals surface area contributed by atoms with Crippen molar-refractivity contribution in [1.29, 1.82) is 0 Å². The minimum absolute atomic E-state index is 0.101. The van der Waals surface area contributed by atoms with Gasteiger partial charge in [-0.3, -0.25) is 9.20 Å². The highest BCUT2D eigenvalue weighted by Gasteiger charge is 2.12. The van der Waals surface area contributed by atoms with Crippen LogP contribution in [0.25, 0.3) is 17.0 Å². The Bertz CT molecular complexity index is 1140. The second-order valence-corrected chi connectivity index (χ2v) is 6.47. The van der Waals surface area contributed by atoms with E-state index in [0.717, 1.165) is 16.8 Å². The van der Waals surface area contributed by atoms with E-state index in [2.05, 4.69) is 15.3 Å². The number of fused-ring (bicyclic) bond motifs is 1. The molecule has 0 aliphatic heterocycles. The normalized spacial score (nSPS) is 10.7. The Labute approximate surface area is 168 Å². The molecule has 146 valence electrons. The van der Waals surface area contributed by atoms with E-state index >= 15 is 0 Å². The first kappa shape index (κ1) is 18.5. The van der Waals surface area contributed by atoms with Gasteiger partial charge in [-0.25, -0.2) is 9.97 Å². The molecule has 0 aliphatic rings. The van der Waals surface area contributed by atoms with Gasteiger partial charge in [0.25, 0.3) is 5.91 Å². The highest BCUT2D eigenvalue weighted by molar-refractivity contribution is 5.94. The minimum atomic E-state index is -0.277. The number of imidazole rings is 1. The lowest BCUT2D eigenvalue weighted by Crippen LogP contribution is -2.20. The first-order valence-electron chi connectivity index (χ1n) is 9.10. The van der Waals surface area contributed by atoms with E-state index in [4.69, 9.17) is 9.47 Å². The van der Waals surface area contributed by atoms with E-state index < -0.39 is 0 Å². The number of amides is 1. The highest BCUT2D eigenvalue weighted by Crippen LogP contribution is 2.30. The van der Waals surface area contributed by atoms with E-state index in [9.17, 15) is 4.79 Å². The zero-order chi connectivity index (χ0) is 20.2. The van der Waals surface area contributed by atoms with Crippen LogP contribution in [0.15, 0.2) is 67.1 Å². The Kier molecular flexibility index (Phi) is 5.11. The summed E-state index contributed by atoms with van der Waals surface area (Å²) in [5.74, 6) is 1.57. The molecule has 2 heterocycles. The summed E-state index contributed by atoms with van der Waals surface area (Å²) in [5.41, 5.74) is 3.11. The van der Waals surface area contributed by atoms with Crippen LogP contribution in [0, 0.1) is 6.92 Å². The van der Waals surface area contributed by atoms with Crippen molar-refractivity contribution in [2.75, 3.05) is 19.0 Å². The number of nitrogens with one attached hydrogen (secondary N) is 1. The van der Waals surface area contributed by atoms with Gasteiger partial charge >= 0.3 is 0 Å². The lowest BCUT2D eigenvalue weighted by Gasteiger charge is -2.13. The Hall–Kier alpha value is -3.87. The van der Waals surface area contributed by atoms with E-state index in [1.165, 1.54) is 0 Å². The fraction of sp³-hybridized carbons (Fsp3) is 0.136. The van der Waals surface area contributed by atoms with Gasteiger partial charge in [0.1, 0.15) is 11.5 Å². The molecule has 1 amide bonds. The molecular weight excluding hydrogens is 368 g/mol. The predicted octanol–water partition coefficient (Wildman–Crippen LogP) is 3.73. The zero-order valence-electron chi connectivity index (χ0n) is 16.1. The molecule has 2 aromatic carbocycles. The fourth-order valence-corrected chi connectivity index (χ4v) is 2.98. The molecule has 4 rings (SSSR count). The quantitative estimate of drug-likeness (QED) is 0.545. The molecule has 0 saturated heterocycles. The Balaban J connectivity index is 1.53. The van der Waals surface area contributed by atoms with Crippen molar-refractivity contribution in [3.05, 3.63) is 72.7 Å². The van der Waals surface area contributed by atoms with Crippen molar-refractivity contribution in [3.8, 4) is 22.8 Å². The van der Waals surface area contributed by atoms with Crippen LogP contribution in [0.2, 0.25) is 0 Å². The van der Waals surface area contributed by atoms with Crippen LogP contribution in [-0.2, 0) is 4.79 Å². The molecule has 2 aromatic heterocycles. The topological polar surface area (TPSA) is 77.8 Å². The molecule has 0 aliphatic carbocycles. The van der Waals surface area contributed by atoms with Crippen LogP contribution in [0.5, 0.6) is 11.5 Å².